The Morgan fingerprint density at radius 1 is 1.07 bits per heavy atom. The lowest BCUT2D eigenvalue weighted by atomic mass is 10.2. The van der Waals surface area contributed by atoms with Crippen LogP contribution in [0.15, 0.2) is 59.5 Å². The highest BCUT2D eigenvalue weighted by Gasteiger charge is 2.12. The summed E-state index contributed by atoms with van der Waals surface area (Å²) in [7, 11) is 0. The van der Waals surface area contributed by atoms with Gasteiger partial charge >= 0.3 is 0 Å². The third-order valence-electron chi connectivity index (χ3n) is 4.52. The summed E-state index contributed by atoms with van der Waals surface area (Å²) in [4.78, 5) is 25.0. The van der Waals surface area contributed by atoms with Gasteiger partial charge in [-0.15, -0.1) is 5.10 Å². The number of nitrogens with zero attached hydrogens (tertiary/aromatic N) is 4. The lowest BCUT2D eigenvalue weighted by molar-refractivity contribution is -0.117. The molecule has 7 heteroatoms. The molecule has 0 aliphatic rings. The van der Waals surface area contributed by atoms with Crippen molar-refractivity contribution in [2.45, 2.75) is 26.4 Å². The molecule has 4 aromatic rings. The molecule has 4 rings (SSSR count). The zero-order chi connectivity index (χ0) is 19.0. The van der Waals surface area contributed by atoms with E-state index < -0.39 is 0 Å². The second kappa shape index (κ2) is 6.68. The fraction of sp³-hybridized carbons (Fsp3) is 0.200. The molecule has 0 unspecified atom stereocenters. The van der Waals surface area contributed by atoms with E-state index in [0.717, 1.165) is 15.6 Å². The molecule has 136 valence electrons. The number of benzene rings is 2. The molecule has 0 aliphatic carbocycles. The predicted octanol–water partition coefficient (Wildman–Crippen LogP) is 2.97. The number of carbonyl (C=O) groups excluding carboxylic acids is 1. The van der Waals surface area contributed by atoms with Gasteiger partial charge in [0.1, 0.15) is 12.1 Å². The highest BCUT2D eigenvalue weighted by Crippen LogP contribution is 2.26. The zero-order valence-electron chi connectivity index (χ0n) is 15.1. The number of rotatable bonds is 4. The Morgan fingerprint density at radius 2 is 1.89 bits per heavy atom. The molecule has 27 heavy (non-hydrogen) atoms. The van der Waals surface area contributed by atoms with Crippen molar-refractivity contribution in [2.24, 2.45) is 0 Å². The van der Waals surface area contributed by atoms with Gasteiger partial charge in [0.25, 0.3) is 5.56 Å². The van der Waals surface area contributed by atoms with Crippen LogP contribution < -0.4 is 10.9 Å². The van der Waals surface area contributed by atoms with Crippen LogP contribution in [-0.2, 0) is 11.3 Å². The summed E-state index contributed by atoms with van der Waals surface area (Å²) in [5.74, 6) is -0.327. The molecule has 0 atom stereocenters. The molecule has 7 nitrogen and oxygen atoms in total. The minimum Gasteiger partial charge on any atom is -0.345 e. The molecular formula is C20H19N5O2. The molecule has 2 heterocycles. The number of anilines is 1. The Kier molecular flexibility index (Phi) is 4.19. The fourth-order valence-corrected chi connectivity index (χ4v) is 3.20. The molecule has 0 saturated carbocycles. The second-order valence-electron chi connectivity index (χ2n) is 6.67. The van der Waals surface area contributed by atoms with Crippen LogP contribution in [0.4, 0.5) is 5.69 Å². The maximum Gasteiger partial charge on any atom is 0.278 e. The van der Waals surface area contributed by atoms with Gasteiger partial charge in [0.2, 0.25) is 5.91 Å². The van der Waals surface area contributed by atoms with E-state index in [9.17, 15) is 9.59 Å². The van der Waals surface area contributed by atoms with E-state index in [4.69, 9.17) is 0 Å². The van der Waals surface area contributed by atoms with Crippen LogP contribution in [0.1, 0.15) is 19.9 Å². The first kappa shape index (κ1) is 17.0. The van der Waals surface area contributed by atoms with Gasteiger partial charge in [-0.25, -0.2) is 4.68 Å². The van der Waals surface area contributed by atoms with E-state index in [2.05, 4.69) is 34.0 Å². The number of hydrogen-bond acceptors (Lipinski definition) is 4. The van der Waals surface area contributed by atoms with Crippen molar-refractivity contribution >= 4 is 33.4 Å². The minimum absolute atomic E-state index is 0.196. The molecule has 0 saturated heterocycles. The molecule has 1 N–H and O–H groups in total. The number of carbonyl (C=O) groups is 1. The highest BCUT2D eigenvalue weighted by molar-refractivity contribution is 6.01. The number of aromatic nitrogens is 4. The number of fused-ring (bicyclic) bond motifs is 2. The summed E-state index contributed by atoms with van der Waals surface area (Å²) in [6.45, 7) is 4.02. The van der Waals surface area contributed by atoms with Gasteiger partial charge in [0.15, 0.2) is 0 Å². The molecule has 0 radical (unpaired) electrons. The zero-order valence-corrected chi connectivity index (χ0v) is 15.1. The monoisotopic (exact) mass is 361 g/mol. The van der Waals surface area contributed by atoms with Crippen LogP contribution in [0.3, 0.4) is 0 Å². The summed E-state index contributed by atoms with van der Waals surface area (Å²) >= 11 is 0. The van der Waals surface area contributed by atoms with Gasteiger partial charge < -0.3 is 9.88 Å². The largest absolute Gasteiger partial charge is 0.345 e. The van der Waals surface area contributed by atoms with E-state index in [0.29, 0.717) is 22.6 Å². The minimum atomic E-state index is -0.333. The van der Waals surface area contributed by atoms with Gasteiger partial charge in [-0.2, -0.15) is 0 Å². The summed E-state index contributed by atoms with van der Waals surface area (Å²) in [6.07, 6.45) is 2.00. The van der Waals surface area contributed by atoms with Crippen molar-refractivity contribution in [3.63, 3.8) is 0 Å². The van der Waals surface area contributed by atoms with Crippen LogP contribution in [0.25, 0.3) is 21.8 Å². The Morgan fingerprint density at radius 3 is 2.70 bits per heavy atom. The van der Waals surface area contributed by atoms with E-state index in [1.807, 2.05) is 30.5 Å². The van der Waals surface area contributed by atoms with Crippen LogP contribution in [0, 0.1) is 0 Å². The summed E-state index contributed by atoms with van der Waals surface area (Å²) in [5, 5.41) is 12.1. The first-order valence-corrected chi connectivity index (χ1v) is 8.76. The first-order chi connectivity index (χ1) is 13.0. The van der Waals surface area contributed by atoms with Crippen molar-refractivity contribution < 1.29 is 4.79 Å². The summed E-state index contributed by atoms with van der Waals surface area (Å²) in [6, 6.07) is 15.0. The Labute approximate surface area is 155 Å². The van der Waals surface area contributed by atoms with Crippen LogP contribution in [-0.4, -0.2) is 25.5 Å². The summed E-state index contributed by atoms with van der Waals surface area (Å²) in [5.41, 5.74) is 1.93. The average Bonchev–Trinajstić information content (AvgIpc) is 3.10. The van der Waals surface area contributed by atoms with Gasteiger partial charge in [0.05, 0.1) is 16.6 Å². The Balaban J connectivity index is 1.61. The molecule has 0 fully saturated rings. The maximum atomic E-state index is 12.5. The molecule has 2 aromatic heterocycles. The molecule has 0 bridgehead atoms. The maximum absolute atomic E-state index is 12.5. The van der Waals surface area contributed by atoms with Crippen molar-refractivity contribution in [1.82, 2.24) is 19.6 Å². The second-order valence-corrected chi connectivity index (χ2v) is 6.67. The molecule has 0 aliphatic heterocycles. The Hall–Kier alpha value is -3.48. The number of hydrogen-bond donors (Lipinski definition) is 1. The number of nitrogens with one attached hydrogen (secondary N) is 1. The van der Waals surface area contributed by atoms with Crippen LogP contribution in [0.2, 0.25) is 0 Å². The van der Waals surface area contributed by atoms with Crippen molar-refractivity contribution in [3.8, 4) is 0 Å². The molecule has 2 aromatic carbocycles. The van der Waals surface area contributed by atoms with Gasteiger partial charge in [-0.3, -0.25) is 9.59 Å². The molecular weight excluding hydrogens is 342 g/mol. The number of amides is 1. The lowest BCUT2D eigenvalue weighted by Crippen LogP contribution is -2.30. The third kappa shape index (κ3) is 3.08. The normalized spacial score (nSPS) is 11.4. The fourth-order valence-electron chi connectivity index (χ4n) is 3.20. The van der Waals surface area contributed by atoms with Crippen molar-refractivity contribution in [1.29, 1.82) is 0 Å². The van der Waals surface area contributed by atoms with Crippen LogP contribution >= 0.6 is 0 Å². The van der Waals surface area contributed by atoms with Gasteiger partial charge in [-0.05, 0) is 44.2 Å². The molecule has 1 amide bonds. The molecule has 0 spiro atoms. The average molecular weight is 361 g/mol. The highest BCUT2D eigenvalue weighted by atomic mass is 16.2. The van der Waals surface area contributed by atoms with E-state index in [-0.39, 0.29) is 18.0 Å². The quantitative estimate of drug-likeness (QED) is 0.606. The van der Waals surface area contributed by atoms with E-state index in [1.165, 1.54) is 0 Å². The first-order valence-electron chi connectivity index (χ1n) is 8.76. The summed E-state index contributed by atoms with van der Waals surface area (Å²) < 4.78 is 3.22. The third-order valence-corrected chi connectivity index (χ3v) is 4.52. The smallest absolute Gasteiger partial charge is 0.278 e. The van der Waals surface area contributed by atoms with Crippen molar-refractivity contribution in [2.75, 3.05) is 5.32 Å². The Bertz CT molecular complexity index is 1210. The topological polar surface area (TPSA) is 81.8 Å². The van der Waals surface area contributed by atoms with Crippen molar-refractivity contribution in [3.05, 3.63) is 65.1 Å². The lowest BCUT2D eigenvalue weighted by Gasteiger charge is -2.11. The standard InChI is InChI=1S/C20H19N5O2/c1-13(2)24-11-10-14-16(8-5-9-18(14)24)21-19(26)12-25-20(27)15-6-3-4-7-17(15)22-23-25/h3-11,13H,12H2,1-2H3,(H,21,26). The van der Waals surface area contributed by atoms with Gasteiger partial charge in [0, 0.05) is 17.6 Å². The van der Waals surface area contributed by atoms with Gasteiger partial charge in [-0.1, -0.05) is 23.4 Å². The predicted molar refractivity (Wildman–Crippen MR) is 105 cm³/mol. The SMILES string of the molecule is CC(C)n1ccc2c(NC(=O)Cn3nnc4ccccc4c3=O)cccc21. The van der Waals surface area contributed by atoms with E-state index >= 15 is 0 Å². The van der Waals surface area contributed by atoms with Crippen LogP contribution in [0.5, 0.6) is 0 Å². The van der Waals surface area contributed by atoms with E-state index in [1.54, 1.807) is 24.3 Å².